The van der Waals surface area contributed by atoms with E-state index in [1.54, 1.807) is 0 Å². The molecule has 0 spiro atoms. The third-order valence-electron chi connectivity index (χ3n) is 8.56. The summed E-state index contributed by atoms with van der Waals surface area (Å²) in [6, 6.07) is 0. The van der Waals surface area contributed by atoms with Gasteiger partial charge in [0.15, 0.2) is 0 Å². The molecule has 0 saturated carbocycles. The lowest BCUT2D eigenvalue weighted by Gasteiger charge is -2.06. The van der Waals surface area contributed by atoms with E-state index in [1.807, 2.05) is 18.2 Å². The van der Waals surface area contributed by atoms with E-state index in [1.165, 1.54) is 90.6 Å². The molecule has 0 unspecified atom stereocenters. The van der Waals surface area contributed by atoms with E-state index in [0.29, 0.717) is 25.0 Å². The average molecular weight is 706 g/mol. The fourth-order valence-electron chi connectivity index (χ4n) is 5.32. The highest BCUT2D eigenvalue weighted by atomic mass is 16.5. The molecule has 7 heteroatoms. The van der Waals surface area contributed by atoms with E-state index < -0.39 is 0 Å². The van der Waals surface area contributed by atoms with Gasteiger partial charge in [0.1, 0.15) is 5.78 Å². The van der Waals surface area contributed by atoms with Crippen LogP contribution < -0.4 is 16.8 Å². The topological polar surface area (TPSA) is 125 Å². The fraction of sp³-hybridized carbons (Fsp3) is 0.791. The van der Waals surface area contributed by atoms with Crippen LogP contribution in [0.15, 0.2) is 38.0 Å². The molecule has 0 aliphatic rings. The number of carbonyl (C=O) groups is 3. The van der Waals surface area contributed by atoms with Gasteiger partial charge in [-0.2, -0.15) is 0 Å². The quantitative estimate of drug-likeness (QED) is 0.0338. The first-order chi connectivity index (χ1) is 24.4. The summed E-state index contributed by atoms with van der Waals surface area (Å²) in [5.41, 5.74) is 10.3. The number of ether oxygens (including phenoxy) is 1. The van der Waals surface area contributed by atoms with Gasteiger partial charge in [-0.25, -0.2) is 0 Å². The Kier molecular flexibility index (Phi) is 50.9. The molecule has 0 heterocycles. The number of rotatable bonds is 36. The van der Waals surface area contributed by atoms with Crippen LogP contribution in [0.2, 0.25) is 0 Å². The van der Waals surface area contributed by atoms with E-state index in [4.69, 9.17) is 11.5 Å². The lowest BCUT2D eigenvalue weighted by molar-refractivity contribution is -0.140. The molecule has 50 heavy (non-hydrogen) atoms. The molecule has 7 nitrogen and oxygen atoms in total. The number of carbonyl (C=O) groups excluding carboxylic acids is 3. The Morgan fingerprint density at radius 2 is 0.820 bits per heavy atom. The summed E-state index contributed by atoms with van der Waals surface area (Å²) >= 11 is 0. The van der Waals surface area contributed by atoms with Crippen molar-refractivity contribution in [1.29, 1.82) is 0 Å². The first kappa shape index (κ1) is 52.1. The molecular weight excluding hydrogens is 622 g/mol. The Hall–Kier alpha value is -2.25. The Labute approximate surface area is 310 Å². The number of hydrogen-bond acceptors (Lipinski definition) is 6. The molecule has 0 aromatic heterocycles. The highest BCUT2D eigenvalue weighted by Gasteiger charge is 2.04. The zero-order valence-electron chi connectivity index (χ0n) is 33.0. The van der Waals surface area contributed by atoms with Crippen molar-refractivity contribution in [3.8, 4) is 0 Å². The summed E-state index contributed by atoms with van der Waals surface area (Å²) in [5.74, 6) is 0.508. The molecule has 0 saturated heterocycles. The van der Waals surface area contributed by atoms with Gasteiger partial charge < -0.3 is 21.5 Å². The zero-order chi connectivity index (χ0) is 37.6. The van der Waals surface area contributed by atoms with Crippen LogP contribution >= 0.6 is 0 Å². The van der Waals surface area contributed by atoms with Crippen molar-refractivity contribution >= 4 is 17.7 Å². The summed E-state index contributed by atoms with van der Waals surface area (Å²) in [6.07, 6.45) is 38.7. The van der Waals surface area contributed by atoms with Crippen LogP contribution in [-0.4, -0.2) is 44.4 Å². The monoisotopic (exact) mass is 706 g/mol. The van der Waals surface area contributed by atoms with Gasteiger partial charge in [-0.1, -0.05) is 102 Å². The molecule has 294 valence electrons. The summed E-state index contributed by atoms with van der Waals surface area (Å²) in [5, 5.41) is 3.02. The summed E-state index contributed by atoms with van der Waals surface area (Å²) in [7, 11) is 1.44. The van der Waals surface area contributed by atoms with Gasteiger partial charge >= 0.3 is 5.97 Å². The summed E-state index contributed by atoms with van der Waals surface area (Å²) < 4.78 is 4.56. The number of esters is 1. The predicted octanol–water partition coefficient (Wildman–Crippen LogP) is 11.0. The molecule has 1 amide bonds. The van der Waals surface area contributed by atoms with E-state index in [-0.39, 0.29) is 11.9 Å². The van der Waals surface area contributed by atoms with Gasteiger partial charge in [0, 0.05) is 32.2 Å². The van der Waals surface area contributed by atoms with E-state index in [0.717, 1.165) is 110 Å². The van der Waals surface area contributed by atoms with E-state index >= 15 is 0 Å². The van der Waals surface area contributed by atoms with Crippen molar-refractivity contribution in [3.63, 3.8) is 0 Å². The largest absolute Gasteiger partial charge is 0.469 e. The number of amides is 1. The van der Waals surface area contributed by atoms with Gasteiger partial charge in [0.25, 0.3) is 0 Å². The van der Waals surface area contributed by atoms with Gasteiger partial charge in [0.05, 0.1) is 7.11 Å². The van der Waals surface area contributed by atoms with Crippen LogP contribution in [-0.2, 0) is 19.1 Å². The number of methoxy groups -OCH3 is 1. The maximum Gasteiger partial charge on any atom is 0.305 e. The SMILES string of the molecule is C=CCCCCCCCCC(=O)CCCCCNC(=O)CCCCCCCCC=C.C=CCCCCCCCCC(=O)OC.NCCCCN. The molecule has 0 rings (SSSR count). The second-order valence-corrected chi connectivity index (χ2v) is 13.4. The standard InChI is InChI=1S/C27H49NO2.C12H22O2.C4H12N2/c1-3-5-7-9-11-13-15-18-22-26(29)23-19-17-21-25-28-27(30)24-20-16-14-12-10-8-6-4-2;1-3-4-5-6-7-8-9-10-11-12(13)14-2;5-3-1-2-4-6/h3-4H,1-2,5-25H2,(H,28,30);3H,1,4-11H2,2H3;1-6H2. The number of allylic oxidation sites excluding steroid dienone is 3. The van der Waals surface area contributed by atoms with Crippen LogP contribution in [0.3, 0.4) is 0 Å². The normalized spacial score (nSPS) is 10.2. The van der Waals surface area contributed by atoms with Crippen molar-refractivity contribution in [1.82, 2.24) is 5.32 Å². The van der Waals surface area contributed by atoms with E-state index in [2.05, 4.69) is 29.8 Å². The van der Waals surface area contributed by atoms with Gasteiger partial charge in [0.2, 0.25) is 5.91 Å². The number of nitrogens with two attached hydrogens (primary N) is 2. The highest BCUT2D eigenvalue weighted by molar-refractivity contribution is 5.78. The lowest BCUT2D eigenvalue weighted by atomic mass is 10.0. The Morgan fingerprint density at radius 3 is 1.20 bits per heavy atom. The van der Waals surface area contributed by atoms with Crippen LogP contribution in [0.25, 0.3) is 0 Å². The molecule has 0 aromatic carbocycles. The van der Waals surface area contributed by atoms with Crippen LogP contribution in [0.1, 0.15) is 193 Å². The van der Waals surface area contributed by atoms with Gasteiger partial charge in [-0.15, -0.1) is 19.7 Å². The van der Waals surface area contributed by atoms with Crippen LogP contribution in [0.5, 0.6) is 0 Å². The number of unbranched alkanes of at least 4 members (excludes halogenated alkanes) is 21. The molecule has 0 bridgehead atoms. The average Bonchev–Trinajstić information content (AvgIpc) is 3.12. The van der Waals surface area contributed by atoms with Crippen molar-refractivity contribution in [2.45, 2.75) is 193 Å². The molecular formula is C43H83N3O4. The smallest absolute Gasteiger partial charge is 0.305 e. The van der Waals surface area contributed by atoms with Gasteiger partial charge in [-0.3, -0.25) is 14.4 Å². The van der Waals surface area contributed by atoms with Crippen molar-refractivity contribution in [2.75, 3.05) is 26.7 Å². The number of nitrogens with one attached hydrogen (secondary N) is 1. The Morgan fingerprint density at radius 1 is 0.480 bits per heavy atom. The Balaban J connectivity index is -0.000000905. The van der Waals surface area contributed by atoms with E-state index in [9.17, 15) is 14.4 Å². The van der Waals surface area contributed by atoms with Gasteiger partial charge in [-0.05, 0) is 96.6 Å². The molecule has 0 aromatic rings. The molecule has 0 fully saturated rings. The zero-order valence-corrected chi connectivity index (χ0v) is 33.0. The third kappa shape index (κ3) is 52.6. The first-order valence-corrected chi connectivity index (χ1v) is 20.5. The minimum Gasteiger partial charge on any atom is -0.469 e. The maximum atomic E-state index is 11.9. The van der Waals surface area contributed by atoms with Crippen LogP contribution in [0, 0.1) is 0 Å². The maximum absolute atomic E-state index is 11.9. The second-order valence-electron chi connectivity index (χ2n) is 13.4. The number of hydrogen-bond donors (Lipinski definition) is 3. The van der Waals surface area contributed by atoms with Crippen LogP contribution in [0.4, 0.5) is 0 Å². The summed E-state index contributed by atoms with van der Waals surface area (Å²) in [4.78, 5) is 34.5. The molecule has 0 aliphatic carbocycles. The third-order valence-corrected chi connectivity index (χ3v) is 8.56. The number of Topliss-reactive ketones (excluding diaryl/α,β-unsaturated/α-hetero) is 1. The fourth-order valence-corrected chi connectivity index (χ4v) is 5.32. The molecule has 5 N–H and O–H groups in total. The molecule has 0 radical (unpaired) electrons. The number of ketones is 1. The lowest BCUT2D eigenvalue weighted by Crippen LogP contribution is -2.23. The first-order valence-electron chi connectivity index (χ1n) is 20.5. The second kappa shape index (κ2) is 48.9. The molecule has 0 aliphatic heterocycles. The minimum absolute atomic E-state index is 0.0864. The molecule has 0 atom stereocenters. The highest BCUT2D eigenvalue weighted by Crippen LogP contribution is 2.12. The van der Waals surface area contributed by atoms with Crippen molar-refractivity contribution in [2.24, 2.45) is 11.5 Å². The minimum atomic E-state index is -0.0864. The Bertz CT molecular complexity index is 712. The summed E-state index contributed by atoms with van der Waals surface area (Å²) in [6.45, 7) is 13.5. The predicted molar refractivity (Wildman–Crippen MR) is 217 cm³/mol. The van der Waals surface area contributed by atoms with Crippen molar-refractivity contribution < 1.29 is 19.1 Å². The van der Waals surface area contributed by atoms with Crippen molar-refractivity contribution in [3.05, 3.63) is 38.0 Å².